The van der Waals surface area contributed by atoms with Crippen LogP contribution in [-0.2, 0) is 0 Å². The molecule has 1 saturated carbocycles. The highest BCUT2D eigenvalue weighted by Gasteiger charge is 2.25. The molecule has 0 radical (unpaired) electrons. The predicted molar refractivity (Wildman–Crippen MR) is 78.4 cm³/mol. The fourth-order valence-electron chi connectivity index (χ4n) is 2.49. The van der Waals surface area contributed by atoms with Gasteiger partial charge in [-0.2, -0.15) is 0 Å². The molecule has 1 heterocycles. The molecule has 1 aliphatic carbocycles. The minimum Gasteiger partial charge on any atom is -0.489 e. The Bertz CT molecular complexity index is 500. The number of ether oxygens (including phenoxy) is 1. The first-order valence-corrected chi connectivity index (χ1v) is 7.24. The largest absolute Gasteiger partial charge is 0.489 e. The van der Waals surface area contributed by atoms with Gasteiger partial charge in [0.2, 0.25) is 0 Å². The maximum atomic E-state index is 12.2. The number of nitrogens with one attached hydrogen (secondary N) is 2. The third-order valence-electron chi connectivity index (χ3n) is 3.84. The molecule has 20 heavy (non-hydrogen) atoms. The molecule has 1 fully saturated rings. The second-order valence-electron chi connectivity index (χ2n) is 5.43. The highest BCUT2D eigenvalue weighted by Crippen LogP contribution is 2.31. The van der Waals surface area contributed by atoms with E-state index in [-0.39, 0.29) is 5.91 Å². The number of para-hydroxylation sites is 1. The lowest BCUT2D eigenvalue weighted by Crippen LogP contribution is -2.34. The van der Waals surface area contributed by atoms with E-state index < -0.39 is 0 Å². The Kier molecular flexibility index (Phi) is 3.78. The zero-order valence-electron chi connectivity index (χ0n) is 11.8. The van der Waals surface area contributed by atoms with Crippen molar-refractivity contribution in [3.05, 3.63) is 23.8 Å². The number of fused-ring (bicyclic) bond motifs is 1. The van der Waals surface area contributed by atoms with Gasteiger partial charge >= 0.3 is 0 Å². The molecule has 108 valence electrons. The average Bonchev–Trinajstić information content (AvgIpc) is 3.31. The number of anilines is 1. The third kappa shape index (κ3) is 2.88. The molecule has 0 unspecified atom stereocenters. The van der Waals surface area contributed by atoms with Gasteiger partial charge in [-0.3, -0.25) is 4.79 Å². The molecule has 1 aromatic carbocycles. The van der Waals surface area contributed by atoms with Crippen LogP contribution in [-0.4, -0.2) is 50.1 Å². The van der Waals surface area contributed by atoms with Crippen LogP contribution in [0.1, 0.15) is 23.2 Å². The van der Waals surface area contributed by atoms with Gasteiger partial charge in [0.15, 0.2) is 5.75 Å². The van der Waals surface area contributed by atoms with Crippen molar-refractivity contribution >= 4 is 11.6 Å². The maximum absolute atomic E-state index is 12.2. The molecule has 2 aliphatic rings. The van der Waals surface area contributed by atoms with Crippen LogP contribution in [0.2, 0.25) is 0 Å². The smallest absolute Gasteiger partial charge is 0.255 e. The number of nitrogens with zero attached hydrogens (tertiary/aromatic N) is 1. The van der Waals surface area contributed by atoms with Gasteiger partial charge < -0.3 is 20.3 Å². The van der Waals surface area contributed by atoms with E-state index in [0.29, 0.717) is 24.5 Å². The van der Waals surface area contributed by atoms with Gasteiger partial charge in [-0.25, -0.2) is 0 Å². The summed E-state index contributed by atoms with van der Waals surface area (Å²) >= 11 is 0. The number of carbonyl (C=O) groups is 1. The lowest BCUT2D eigenvalue weighted by atomic mass is 10.1. The standard InChI is InChI=1S/C15H21N3O2/c1-18(11-5-6-11)9-7-17-15(19)12-3-2-4-13-14(12)20-10-8-16-13/h2-4,11,16H,5-10H2,1H3,(H,17,19). The first-order valence-electron chi connectivity index (χ1n) is 7.24. The molecule has 0 atom stereocenters. The van der Waals surface area contributed by atoms with Gasteiger partial charge in [-0.05, 0) is 32.0 Å². The van der Waals surface area contributed by atoms with Crippen molar-refractivity contribution in [3.8, 4) is 5.75 Å². The van der Waals surface area contributed by atoms with Gasteiger partial charge in [0.1, 0.15) is 6.61 Å². The Morgan fingerprint density at radius 1 is 1.50 bits per heavy atom. The van der Waals surface area contributed by atoms with Crippen LogP contribution in [0.3, 0.4) is 0 Å². The van der Waals surface area contributed by atoms with Crippen LogP contribution >= 0.6 is 0 Å². The van der Waals surface area contributed by atoms with E-state index in [1.54, 1.807) is 0 Å². The van der Waals surface area contributed by atoms with Crippen LogP contribution < -0.4 is 15.4 Å². The second kappa shape index (κ2) is 5.71. The molecule has 1 amide bonds. The van der Waals surface area contributed by atoms with E-state index in [2.05, 4.69) is 22.6 Å². The summed E-state index contributed by atoms with van der Waals surface area (Å²) in [5.41, 5.74) is 1.52. The molecule has 5 heteroatoms. The minimum absolute atomic E-state index is 0.0604. The first kappa shape index (κ1) is 13.2. The quantitative estimate of drug-likeness (QED) is 0.851. The number of benzene rings is 1. The van der Waals surface area contributed by atoms with Crippen molar-refractivity contribution in [2.24, 2.45) is 0 Å². The van der Waals surface area contributed by atoms with Gasteiger partial charge in [0, 0.05) is 25.7 Å². The van der Waals surface area contributed by atoms with E-state index in [4.69, 9.17) is 4.74 Å². The molecular weight excluding hydrogens is 254 g/mol. The summed E-state index contributed by atoms with van der Waals surface area (Å²) in [6.45, 7) is 2.94. The lowest BCUT2D eigenvalue weighted by Gasteiger charge is -2.21. The fourth-order valence-corrected chi connectivity index (χ4v) is 2.49. The summed E-state index contributed by atoms with van der Waals surface area (Å²) < 4.78 is 5.62. The number of hydrogen-bond donors (Lipinski definition) is 2. The van der Waals surface area contributed by atoms with Crippen LogP contribution in [0.4, 0.5) is 5.69 Å². The minimum atomic E-state index is -0.0604. The number of likely N-dealkylation sites (N-methyl/N-ethyl adjacent to an activating group) is 1. The van der Waals surface area contributed by atoms with Crippen LogP contribution in [0.5, 0.6) is 5.75 Å². The summed E-state index contributed by atoms with van der Waals surface area (Å²) in [6, 6.07) is 6.35. The summed E-state index contributed by atoms with van der Waals surface area (Å²) in [5, 5.41) is 6.22. The Hall–Kier alpha value is -1.75. The Labute approximate surface area is 119 Å². The lowest BCUT2D eigenvalue weighted by molar-refractivity contribution is 0.0945. The van der Waals surface area contributed by atoms with Crippen LogP contribution in [0.15, 0.2) is 18.2 Å². The summed E-state index contributed by atoms with van der Waals surface area (Å²) in [6.07, 6.45) is 2.58. The Morgan fingerprint density at radius 2 is 2.35 bits per heavy atom. The molecular formula is C15H21N3O2. The van der Waals surface area contributed by atoms with E-state index in [9.17, 15) is 4.79 Å². The fraction of sp³-hybridized carbons (Fsp3) is 0.533. The SMILES string of the molecule is CN(CCNC(=O)c1cccc2c1OCCN2)C1CC1. The van der Waals surface area contributed by atoms with Crippen LogP contribution in [0, 0.1) is 0 Å². The van der Waals surface area contributed by atoms with E-state index in [0.717, 1.165) is 24.8 Å². The Balaban J connectivity index is 1.59. The molecule has 0 aromatic heterocycles. The van der Waals surface area contributed by atoms with Crippen molar-refractivity contribution in [1.29, 1.82) is 0 Å². The summed E-state index contributed by atoms with van der Waals surface area (Å²) in [5.74, 6) is 0.613. The van der Waals surface area contributed by atoms with Crippen molar-refractivity contribution in [2.45, 2.75) is 18.9 Å². The normalized spacial score (nSPS) is 17.1. The predicted octanol–water partition coefficient (Wildman–Crippen LogP) is 1.31. The molecule has 2 N–H and O–H groups in total. The summed E-state index contributed by atoms with van der Waals surface area (Å²) in [4.78, 5) is 14.6. The van der Waals surface area contributed by atoms with Crippen LogP contribution in [0.25, 0.3) is 0 Å². The first-order chi connectivity index (χ1) is 9.75. The molecule has 0 saturated heterocycles. The second-order valence-corrected chi connectivity index (χ2v) is 5.43. The number of carbonyl (C=O) groups excluding carboxylic acids is 1. The monoisotopic (exact) mass is 275 g/mol. The number of hydrogen-bond acceptors (Lipinski definition) is 4. The van der Waals surface area contributed by atoms with Crippen molar-refractivity contribution in [3.63, 3.8) is 0 Å². The van der Waals surface area contributed by atoms with Crippen molar-refractivity contribution in [2.75, 3.05) is 38.6 Å². The molecule has 0 bridgehead atoms. The zero-order chi connectivity index (χ0) is 13.9. The highest BCUT2D eigenvalue weighted by atomic mass is 16.5. The summed E-state index contributed by atoms with van der Waals surface area (Å²) in [7, 11) is 2.11. The van der Waals surface area contributed by atoms with Gasteiger partial charge in [-0.15, -0.1) is 0 Å². The third-order valence-corrected chi connectivity index (χ3v) is 3.84. The maximum Gasteiger partial charge on any atom is 0.255 e. The van der Waals surface area contributed by atoms with E-state index in [1.165, 1.54) is 12.8 Å². The molecule has 3 rings (SSSR count). The molecule has 5 nitrogen and oxygen atoms in total. The molecule has 0 spiro atoms. The van der Waals surface area contributed by atoms with Crippen molar-refractivity contribution < 1.29 is 9.53 Å². The number of rotatable bonds is 5. The van der Waals surface area contributed by atoms with Crippen molar-refractivity contribution in [1.82, 2.24) is 10.2 Å². The van der Waals surface area contributed by atoms with Gasteiger partial charge in [0.25, 0.3) is 5.91 Å². The van der Waals surface area contributed by atoms with E-state index in [1.807, 2.05) is 18.2 Å². The topological polar surface area (TPSA) is 53.6 Å². The molecule has 1 aliphatic heterocycles. The zero-order valence-corrected chi connectivity index (χ0v) is 11.8. The van der Waals surface area contributed by atoms with Gasteiger partial charge in [0.05, 0.1) is 11.3 Å². The van der Waals surface area contributed by atoms with Gasteiger partial charge in [-0.1, -0.05) is 6.07 Å². The van der Waals surface area contributed by atoms with E-state index >= 15 is 0 Å². The molecule has 1 aromatic rings. The average molecular weight is 275 g/mol. The Morgan fingerprint density at radius 3 is 3.15 bits per heavy atom. The highest BCUT2D eigenvalue weighted by molar-refractivity contribution is 5.98. The number of amides is 1.